The van der Waals surface area contributed by atoms with Gasteiger partial charge >= 0.3 is 0 Å². The number of aromatic amines is 1. The lowest BCUT2D eigenvalue weighted by atomic mass is 10.3. The maximum Gasteiger partial charge on any atom is 0.0332 e. The average Bonchev–Trinajstić information content (AvgIpc) is 2.13. The van der Waals surface area contributed by atoms with Crippen molar-refractivity contribution in [2.24, 2.45) is 5.73 Å². The molecule has 0 aromatic carbocycles. The Kier molecular flexibility index (Phi) is 1.58. The summed E-state index contributed by atoms with van der Waals surface area (Å²) in [4.78, 5) is 3.17. The predicted molar refractivity (Wildman–Crippen MR) is 38.2 cm³/mol. The average molecular weight is 124 g/mol. The van der Waals surface area contributed by atoms with Crippen molar-refractivity contribution in [2.75, 3.05) is 0 Å². The number of nitrogens with two attached hydrogens (primary N) is 1. The van der Waals surface area contributed by atoms with Gasteiger partial charge in [0.1, 0.15) is 0 Å². The van der Waals surface area contributed by atoms with E-state index in [-0.39, 0.29) is 0 Å². The SMILES string of the molecule is Cc1cc(CN)[nH]c1C. The van der Waals surface area contributed by atoms with Crippen LogP contribution in [-0.4, -0.2) is 4.98 Å². The third kappa shape index (κ3) is 1.13. The van der Waals surface area contributed by atoms with Crippen molar-refractivity contribution in [1.29, 1.82) is 0 Å². The van der Waals surface area contributed by atoms with E-state index in [0.29, 0.717) is 6.54 Å². The Morgan fingerprint density at radius 3 is 2.44 bits per heavy atom. The summed E-state index contributed by atoms with van der Waals surface area (Å²) in [5, 5.41) is 0. The molecule has 0 bridgehead atoms. The van der Waals surface area contributed by atoms with Gasteiger partial charge in [0, 0.05) is 17.9 Å². The molecule has 2 heteroatoms. The number of aryl methyl sites for hydroxylation is 2. The Morgan fingerprint density at radius 1 is 1.56 bits per heavy atom. The summed E-state index contributed by atoms with van der Waals surface area (Å²) in [6, 6.07) is 2.08. The molecule has 0 saturated heterocycles. The van der Waals surface area contributed by atoms with Crippen LogP contribution in [0.2, 0.25) is 0 Å². The maximum absolute atomic E-state index is 5.40. The van der Waals surface area contributed by atoms with Gasteiger partial charge in [0.15, 0.2) is 0 Å². The first kappa shape index (κ1) is 6.36. The molecular weight excluding hydrogens is 112 g/mol. The molecule has 0 aliphatic carbocycles. The van der Waals surface area contributed by atoms with E-state index in [1.165, 1.54) is 11.3 Å². The Hall–Kier alpha value is -0.760. The summed E-state index contributed by atoms with van der Waals surface area (Å²) in [5.74, 6) is 0. The van der Waals surface area contributed by atoms with Gasteiger partial charge in [-0.2, -0.15) is 0 Å². The topological polar surface area (TPSA) is 41.8 Å². The minimum absolute atomic E-state index is 0.606. The molecule has 1 rings (SSSR count). The van der Waals surface area contributed by atoms with E-state index in [1.54, 1.807) is 0 Å². The summed E-state index contributed by atoms with van der Waals surface area (Å²) < 4.78 is 0. The van der Waals surface area contributed by atoms with Crippen LogP contribution in [0.25, 0.3) is 0 Å². The van der Waals surface area contributed by atoms with Gasteiger partial charge < -0.3 is 10.7 Å². The second-order valence-electron chi connectivity index (χ2n) is 2.31. The highest BCUT2D eigenvalue weighted by Crippen LogP contribution is 2.06. The van der Waals surface area contributed by atoms with Crippen molar-refractivity contribution in [3.63, 3.8) is 0 Å². The Bertz CT molecular complexity index is 181. The summed E-state index contributed by atoms with van der Waals surface area (Å²) in [7, 11) is 0. The van der Waals surface area contributed by atoms with Crippen LogP contribution in [-0.2, 0) is 6.54 Å². The molecule has 3 N–H and O–H groups in total. The highest BCUT2D eigenvalue weighted by atomic mass is 14.8. The molecule has 0 amide bonds. The van der Waals surface area contributed by atoms with Crippen molar-refractivity contribution >= 4 is 0 Å². The molecular formula is C7H12N2. The number of rotatable bonds is 1. The summed E-state index contributed by atoms with van der Waals surface area (Å²) in [6.45, 7) is 4.73. The third-order valence-corrected chi connectivity index (χ3v) is 1.55. The number of hydrogen-bond acceptors (Lipinski definition) is 1. The van der Waals surface area contributed by atoms with Crippen LogP contribution < -0.4 is 5.73 Å². The summed E-state index contributed by atoms with van der Waals surface area (Å²) >= 11 is 0. The Morgan fingerprint density at radius 2 is 2.22 bits per heavy atom. The monoisotopic (exact) mass is 124 g/mol. The number of nitrogens with one attached hydrogen (secondary N) is 1. The molecule has 0 aliphatic rings. The van der Waals surface area contributed by atoms with Gasteiger partial charge in [0.05, 0.1) is 0 Å². The molecule has 0 radical (unpaired) electrons. The predicted octanol–water partition coefficient (Wildman–Crippen LogP) is 1.09. The quantitative estimate of drug-likeness (QED) is 0.578. The van der Waals surface area contributed by atoms with Gasteiger partial charge in [-0.3, -0.25) is 0 Å². The van der Waals surface area contributed by atoms with Gasteiger partial charge in [0.2, 0.25) is 0 Å². The smallest absolute Gasteiger partial charge is 0.0332 e. The molecule has 2 nitrogen and oxygen atoms in total. The number of hydrogen-bond donors (Lipinski definition) is 2. The molecule has 0 unspecified atom stereocenters. The summed E-state index contributed by atoms with van der Waals surface area (Å²) in [5.41, 5.74) is 9.02. The van der Waals surface area contributed by atoms with Crippen molar-refractivity contribution < 1.29 is 0 Å². The van der Waals surface area contributed by atoms with Crippen molar-refractivity contribution in [3.05, 3.63) is 23.0 Å². The van der Waals surface area contributed by atoms with E-state index >= 15 is 0 Å². The lowest BCUT2D eigenvalue weighted by molar-refractivity contribution is 0.998. The molecule has 0 fully saturated rings. The molecule has 0 saturated carbocycles. The molecule has 0 spiro atoms. The maximum atomic E-state index is 5.40. The van der Waals surface area contributed by atoms with E-state index in [4.69, 9.17) is 5.73 Å². The molecule has 1 aromatic heterocycles. The van der Waals surface area contributed by atoms with Crippen LogP contribution in [0.1, 0.15) is 17.0 Å². The fraction of sp³-hybridized carbons (Fsp3) is 0.429. The van der Waals surface area contributed by atoms with Crippen LogP contribution >= 0.6 is 0 Å². The molecule has 9 heavy (non-hydrogen) atoms. The number of aromatic nitrogens is 1. The highest BCUT2D eigenvalue weighted by molar-refractivity contribution is 5.22. The minimum atomic E-state index is 0.606. The van der Waals surface area contributed by atoms with Gasteiger partial charge in [0.25, 0.3) is 0 Å². The zero-order valence-corrected chi connectivity index (χ0v) is 5.86. The second kappa shape index (κ2) is 2.23. The molecule has 1 heterocycles. The largest absolute Gasteiger partial charge is 0.361 e. The third-order valence-electron chi connectivity index (χ3n) is 1.55. The van der Waals surface area contributed by atoms with Crippen molar-refractivity contribution in [2.45, 2.75) is 20.4 Å². The lowest BCUT2D eigenvalue weighted by Crippen LogP contribution is -1.95. The van der Waals surface area contributed by atoms with E-state index in [1.807, 2.05) is 0 Å². The zero-order valence-electron chi connectivity index (χ0n) is 5.86. The summed E-state index contributed by atoms with van der Waals surface area (Å²) in [6.07, 6.45) is 0. The molecule has 50 valence electrons. The van der Waals surface area contributed by atoms with Crippen molar-refractivity contribution in [3.8, 4) is 0 Å². The van der Waals surface area contributed by atoms with E-state index in [2.05, 4.69) is 24.9 Å². The van der Waals surface area contributed by atoms with Gasteiger partial charge in [-0.1, -0.05) is 0 Å². The first-order chi connectivity index (χ1) is 4.24. The molecule has 0 aliphatic heterocycles. The zero-order chi connectivity index (χ0) is 6.85. The highest BCUT2D eigenvalue weighted by Gasteiger charge is 1.95. The Balaban J connectivity index is 2.98. The number of H-pyrrole nitrogens is 1. The first-order valence-electron chi connectivity index (χ1n) is 3.09. The van der Waals surface area contributed by atoms with Crippen LogP contribution in [0.3, 0.4) is 0 Å². The van der Waals surface area contributed by atoms with Gasteiger partial charge in [-0.05, 0) is 25.5 Å². The van der Waals surface area contributed by atoms with Gasteiger partial charge in [-0.25, -0.2) is 0 Å². The fourth-order valence-corrected chi connectivity index (χ4v) is 0.855. The van der Waals surface area contributed by atoms with E-state index in [0.717, 1.165) is 5.69 Å². The van der Waals surface area contributed by atoms with Crippen LogP contribution in [0.5, 0.6) is 0 Å². The van der Waals surface area contributed by atoms with E-state index < -0.39 is 0 Å². The first-order valence-corrected chi connectivity index (χ1v) is 3.09. The lowest BCUT2D eigenvalue weighted by Gasteiger charge is -1.85. The van der Waals surface area contributed by atoms with Crippen LogP contribution in [0, 0.1) is 13.8 Å². The van der Waals surface area contributed by atoms with Crippen LogP contribution in [0.15, 0.2) is 6.07 Å². The van der Waals surface area contributed by atoms with E-state index in [9.17, 15) is 0 Å². The molecule has 0 atom stereocenters. The standard InChI is InChI=1S/C7H12N2/c1-5-3-7(4-8)9-6(5)2/h3,9H,4,8H2,1-2H3. The fourth-order valence-electron chi connectivity index (χ4n) is 0.855. The van der Waals surface area contributed by atoms with Gasteiger partial charge in [-0.15, -0.1) is 0 Å². The second-order valence-corrected chi connectivity index (χ2v) is 2.31. The van der Waals surface area contributed by atoms with Crippen molar-refractivity contribution in [1.82, 2.24) is 4.98 Å². The Labute approximate surface area is 55.1 Å². The minimum Gasteiger partial charge on any atom is -0.361 e. The van der Waals surface area contributed by atoms with Crippen LogP contribution in [0.4, 0.5) is 0 Å². The normalized spacial score (nSPS) is 10.1. The molecule has 1 aromatic rings.